The third-order valence-electron chi connectivity index (χ3n) is 3.05. The zero-order valence-corrected chi connectivity index (χ0v) is 13.0. The van der Waals surface area contributed by atoms with E-state index in [1.807, 2.05) is 19.9 Å². The Kier molecular flexibility index (Phi) is 5.07. The Balaban J connectivity index is 2.38. The number of ketones is 1. The van der Waals surface area contributed by atoms with E-state index in [0.29, 0.717) is 32.1 Å². The highest BCUT2D eigenvalue weighted by Crippen LogP contribution is 2.18. The van der Waals surface area contributed by atoms with Crippen LogP contribution in [0.5, 0.6) is 0 Å². The van der Waals surface area contributed by atoms with Crippen molar-refractivity contribution in [3.8, 4) is 0 Å². The van der Waals surface area contributed by atoms with Crippen LogP contribution in [0.2, 0.25) is 0 Å². The number of aromatic nitrogens is 2. The van der Waals surface area contributed by atoms with Gasteiger partial charge >= 0.3 is 0 Å². The first-order chi connectivity index (χ1) is 9.49. The van der Waals surface area contributed by atoms with Crippen LogP contribution in [0.1, 0.15) is 11.4 Å². The van der Waals surface area contributed by atoms with Crippen LogP contribution in [0.3, 0.4) is 0 Å². The van der Waals surface area contributed by atoms with Crippen LogP contribution in [0.4, 0.5) is 0 Å². The second kappa shape index (κ2) is 6.61. The molecule has 1 aliphatic heterocycles. The molecule has 1 saturated heterocycles. The van der Waals surface area contributed by atoms with Crippen LogP contribution in [0.25, 0.3) is 5.82 Å². The standard InChI is InChI=1S/C13H17Cl2N3O2/c1-9-7-10(2)18(16-9)12(8-11(19)13(14)15)17-3-5-20-6-4-17/h7-8,13H,3-6H2,1-2H3. The van der Waals surface area contributed by atoms with E-state index < -0.39 is 4.84 Å². The van der Waals surface area contributed by atoms with Gasteiger partial charge in [-0.25, -0.2) is 4.68 Å². The molecular formula is C13H17Cl2N3O2. The number of hydrogen-bond donors (Lipinski definition) is 0. The third-order valence-corrected chi connectivity index (χ3v) is 3.48. The molecule has 110 valence electrons. The maximum atomic E-state index is 11.8. The molecule has 0 atom stereocenters. The number of alkyl halides is 2. The molecule has 0 amide bonds. The second-order valence-electron chi connectivity index (χ2n) is 4.64. The molecule has 0 unspecified atom stereocenters. The van der Waals surface area contributed by atoms with Gasteiger partial charge in [0.2, 0.25) is 0 Å². The molecule has 0 aliphatic carbocycles. The van der Waals surface area contributed by atoms with E-state index in [2.05, 4.69) is 10.00 Å². The molecule has 5 nitrogen and oxygen atoms in total. The number of nitrogens with zero attached hydrogens (tertiary/aromatic N) is 3. The van der Waals surface area contributed by atoms with Crippen molar-refractivity contribution >= 4 is 34.8 Å². The Hall–Kier alpha value is -1.04. The fourth-order valence-corrected chi connectivity index (χ4v) is 2.26. The Morgan fingerprint density at radius 2 is 2.05 bits per heavy atom. The van der Waals surface area contributed by atoms with E-state index in [4.69, 9.17) is 27.9 Å². The normalized spacial score (nSPS) is 16.9. The van der Waals surface area contributed by atoms with Gasteiger partial charge in [-0.05, 0) is 19.9 Å². The molecule has 1 aliphatic rings. The highest BCUT2D eigenvalue weighted by molar-refractivity contribution is 6.55. The van der Waals surface area contributed by atoms with Gasteiger partial charge in [-0.3, -0.25) is 4.79 Å². The summed E-state index contributed by atoms with van der Waals surface area (Å²) in [6.45, 7) is 6.50. The van der Waals surface area contributed by atoms with E-state index in [1.165, 1.54) is 6.08 Å². The lowest BCUT2D eigenvalue weighted by Gasteiger charge is -2.31. The van der Waals surface area contributed by atoms with Crippen molar-refractivity contribution in [3.05, 3.63) is 23.5 Å². The Bertz CT molecular complexity index is 520. The summed E-state index contributed by atoms with van der Waals surface area (Å²) in [5.41, 5.74) is 1.84. The minimum Gasteiger partial charge on any atom is -0.378 e. The molecule has 0 saturated carbocycles. The van der Waals surface area contributed by atoms with Gasteiger partial charge in [-0.2, -0.15) is 5.10 Å². The van der Waals surface area contributed by atoms with Crippen molar-refractivity contribution < 1.29 is 9.53 Å². The fraction of sp³-hybridized carbons (Fsp3) is 0.538. The zero-order valence-electron chi connectivity index (χ0n) is 11.5. The summed E-state index contributed by atoms with van der Waals surface area (Å²) < 4.78 is 7.08. The van der Waals surface area contributed by atoms with Gasteiger partial charge in [-0.1, -0.05) is 23.2 Å². The third kappa shape index (κ3) is 3.53. The summed E-state index contributed by atoms with van der Waals surface area (Å²) in [5.74, 6) is 0.345. The van der Waals surface area contributed by atoms with Crippen LogP contribution in [-0.2, 0) is 9.53 Å². The number of rotatable bonds is 4. The number of carbonyl (C=O) groups excluding carboxylic acids is 1. The number of hydrogen-bond acceptors (Lipinski definition) is 4. The molecule has 0 N–H and O–H groups in total. The first-order valence-electron chi connectivity index (χ1n) is 6.39. The van der Waals surface area contributed by atoms with Crippen molar-refractivity contribution in [1.82, 2.24) is 14.7 Å². The monoisotopic (exact) mass is 317 g/mol. The largest absolute Gasteiger partial charge is 0.378 e. The molecule has 20 heavy (non-hydrogen) atoms. The van der Waals surface area contributed by atoms with E-state index in [-0.39, 0.29) is 5.78 Å². The average molecular weight is 318 g/mol. The van der Waals surface area contributed by atoms with Gasteiger partial charge in [0.05, 0.1) is 18.9 Å². The molecule has 2 rings (SSSR count). The number of aryl methyl sites for hydroxylation is 2. The van der Waals surface area contributed by atoms with Crippen molar-refractivity contribution in [2.75, 3.05) is 26.3 Å². The maximum absolute atomic E-state index is 11.8. The fourth-order valence-electron chi connectivity index (χ4n) is 2.13. The van der Waals surface area contributed by atoms with Gasteiger partial charge in [0.1, 0.15) is 5.82 Å². The van der Waals surface area contributed by atoms with Crippen molar-refractivity contribution in [3.63, 3.8) is 0 Å². The van der Waals surface area contributed by atoms with Gasteiger partial charge in [0, 0.05) is 24.9 Å². The molecule has 0 spiro atoms. The van der Waals surface area contributed by atoms with Crippen LogP contribution in [0.15, 0.2) is 12.1 Å². The summed E-state index contributed by atoms with van der Waals surface area (Å²) in [6, 6.07) is 1.96. The lowest BCUT2D eigenvalue weighted by atomic mass is 10.3. The Morgan fingerprint density at radius 1 is 1.40 bits per heavy atom. The summed E-state index contributed by atoms with van der Waals surface area (Å²) in [5, 5.41) is 4.43. The lowest BCUT2D eigenvalue weighted by molar-refractivity contribution is -0.113. The number of halogens is 2. The second-order valence-corrected chi connectivity index (χ2v) is 5.74. The van der Waals surface area contributed by atoms with Crippen LogP contribution < -0.4 is 0 Å². The smallest absolute Gasteiger partial charge is 0.192 e. The summed E-state index contributed by atoms with van der Waals surface area (Å²) in [4.78, 5) is 12.8. The van der Waals surface area contributed by atoms with Gasteiger partial charge in [0.25, 0.3) is 0 Å². The molecule has 0 aromatic carbocycles. The SMILES string of the molecule is Cc1cc(C)n(C(=CC(=O)C(Cl)Cl)N2CCOCC2)n1. The van der Waals surface area contributed by atoms with Crippen LogP contribution >= 0.6 is 23.2 Å². The first kappa shape index (κ1) is 15.4. The molecule has 1 aromatic heterocycles. The van der Waals surface area contributed by atoms with E-state index in [1.54, 1.807) is 4.68 Å². The lowest BCUT2D eigenvalue weighted by Crippen LogP contribution is -2.37. The topological polar surface area (TPSA) is 47.4 Å². The van der Waals surface area contributed by atoms with Crippen molar-refractivity contribution in [1.29, 1.82) is 0 Å². The van der Waals surface area contributed by atoms with Crippen LogP contribution in [0, 0.1) is 13.8 Å². The molecule has 7 heteroatoms. The van der Waals surface area contributed by atoms with Crippen LogP contribution in [-0.4, -0.2) is 51.6 Å². The summed E-state index contributed by atoms with van der Waals surface area (Å²) >= 11 is 11.3. The summed E-state index contributed by atoms with van der Waals surface area (Å²) in [7, 11) is 0. The van der Waals surface area contributed by atoms with Crippen molar-refractivity contribution in [2.24, 2.45) is 0 Å². The quantitative estimate of drug-likeness (QED) is 0.629. The van der Waals surface area contributed by atoms with E-state index in [0.717, 1.165) is 11.4 Å². The minimum absolute atomic E-state index is 0.345. The zero-order chi connectivity index (χ0) is 14.7. The van der Waals surface area contributed by atoms with Crippen molar-refractivity contribution in [2.45, 2.75) is 18.7 Å². The molecule has 1 fully saturated rings. The predicted octanol–water partition coefficient (Wildman–Crippen LogP) is 2.00. The maximum Gasteiger partial charge on any atom is 0.192 e. The molecule has 0 bridgehead atoms. The number of morpholine rings is 1. The molecule has 0 radical (unpaired) electrons. The highest BCUT2D eigenvalue weighted by Gasteiger charge is 2.20. The molecular weight excluding hydrogens is 301 g/mol. The Labute approximate surface area is 128 Å². The van der Waals surface area contributed by atoms with Gasteiger partial charge in [-0.15, -0.1) is 0 Å². The van der Waals surface area contributed by atoms with E-state index >= 15 is 0 Å². The average Bonchev–Trinajstić information content (AvgIpc) is 2.75. The molecule has 1 aromatic rings. The number of allylic oxidation sites excluding steroid dienone is 1. The first-order valence-corrected chi connectivity index (χ1v) is 7.26. The molecule has 2 heterocycles. The van der Waals surface area contributed by atoms with Gasteiger partial charge in [0.15, 0.2) is 10.6 Å². The predicted molar refractivity (Wildman–Crippen MR) is 78.9 cm³/mol. The Morgan fingerprint density at radius 3 is 2.55 bits per heavy atom. The van der Waals surface area contributed by atoms with E-state index in [9.17, 15) is 4.79 Å². The number of ether oxygens (including phenoxy) is 1. The minimum atomic E-state index is -1.07. The number of carbonyl (C=O) groups is 1. The van der Waals surface area contributed by atoms with Gasteiger partial charge < -0.3 is 9.64 Å². The highest BCUT2D eigenvalue weighted by atomic mass is 35.5. The summed E-state index contributed by atoms with van der Waals surface area (Å²) in [6.07, 6.45) is 1.45.